The molecule has 0 spiro atoms. The summed E-state index contributed by atoms with van der Waals surface area (Å²) in [7, 11) is -1.12. The molecule has 7 nitrogen and oxygen atoms in total. The molecule has 0 radical (unpaired) electrons. The number of nitrogens with zero attached hydrogens (tertiary/aromatic N) is 3. The molecule has 146 valence electrons. The zero-order valence-corrected chi connectivity index (χ0v) is 16.8. The molecular formula is C19H26N4O3S. The molecule has 1 amide bonds. The summed E-state index contributed by atoms with van der Waals surface area (Å²) in [5.74, 6) is 0.657. The molecule has 8 heteroatoms. The summed E-state index contributed by atoms with van der Waals surface area (Å²) < 4.78 is 25.2. The zero-order valence-electron chi connectivity index (χ0n) is 16.0. The summed E-state index contributed by atoms with van der Waals surface area (Å²) in [6.45, 7) is 4.81. The number of aryl methyl sites for hydroxylation is 2. The van der Waals surface area contributed by atoms with Crippen molar-refractivity contribution in [3.05, 3.63) is 47.2 Å². The first-order valence-electron chi connectivity index (χ1n) is 9.03. The zero-order chi connectivity index (χ0) is 19.6. The molecule has 0 saturated carbocycles. The van der Waals surface area contributed by atoms with Gasteiger partial charge in [-0.3, -0.25) is 9.69 Å². The summed E-state index contributed by atoms with van der Waals surface area (Å²) >= 11 is 0. The molecule has 1 aliphatic rings. The first-order chi connectivity index (χ1) is 12.7. The van der Waals surface area contributed by atoms with Gasteiger partial charge in [0.1, 0.15) is 5.82 Å². The molecule has 2 aromatic rings. The minimum absolute atomic E-state index is 0.0736. The van der Waals surface area contributed by atoms with Gasteiger partial charge in [-0.15, -0.1) is 0 Å². The van der Waals surface area contributed by atoms with E-state index in [-0.39, 0.29) is 30.0 Å². The summed E-state index contributed by atoms with van der Waals surface area (Å²) in [5, 5.41) is 7.29. The van der Waals surface area contributed by atoms with Crippen LogP contribution in [-0.2, 0) is 21.2 Å². The van der Waals surface area contributed by atoms with E-state index < -0.39 is 9.84 Å². The molecule has 2 heterocycles. The molecule has 0 aliphatic carbocycles. The average molecular weight is 391 g/mol. The van der Waals surface area contributed by atoms with Gasteiger partial charge in [0.2, 0.25) is 5.91 Å². The lowest BCUT2D eigenvalue weighted by Gasteiger charge is -2.18. The Hall–Kier alpha value is -2.19. The standard InChI is InChI=1S/C19H26N4O3S/c1-14-6-4-5-7-16(14)11-22(3)12-19(24)20-18-10-15(2)21-23(18)17-8-9-27(25,26)13-17/h4-7,10,17H,8-9,11-13H2,1-3H3,(H,20,24). The summed E-state index contributed by atoms with van der Waals surface area (Å²) in [6.07, 6.45) is 0.527. The molecule has 1 unspecified atom stereocenters. The quantitative estimate of drug-likeness (QED) is 0.815. The van der Waals surface area contributed by atoms with Gasteiger partial charge in [-0.25, -0.2) is 13.1 Å². The van der Waals surface area contributed by atoms with Gasteiger partial charge in [0, 0.05) is 12.6 Å². The molecule has 1 aromatic carbocycles. The number of hydrogen-bond acceptors (Lipinski definition) is 5. The third-order valence-corrected chi connectivity index (χ3v) is 6.55. The van der Waals surface area contributed by atoms with Crippen LogP contribution in [0.1, 0.15) is 29.3 Å². The van der Waals surface area contributed by atoms with Crippen LogP contribution < -0.4 is 5.32 Å². The molecule has 1 aliphatic heterocycles. The van der Waals surface area contributed by atoms with Gasteiger partial charge >= 0.3 is 0 Å². The third-order valence-electron chi connectivity index (χ3n) is 4.79. The fourth-order valence-corrected chi connectivity index (χ4v) is 5.11. The van der Waals surface area contributed by atoms with Crippen molar-refractivity contribution in [1.29, 1.82) is 0 Å². The van der Waals surface area contributed by atoms with E-state index in [0.29, 0.717) is 18.8 Å². The van der Waals surface area contributed by atoms with Crippen molar-refractivity contribution < 1.29 is 13.2 Å². The molecule has 0 bridgehead atoms. The number of sulfone groups is 1. The average Bonchev–Trinajstić information content (AvgIpc) is 3.11. The smallest absolute Gasteiger partial charge is 0.239 e. The van der Waals surface area contributed by atoms with Gasteiger partial charge in [0.05, 0.1) is 29.8 Å². The van der Waals surface area contributed by atoms with Crippen molar-refractivity contribution in [2.75, 3.05) is 30.4 Å². The predicted molar refractivity (Wildman–Crippen MR) is 105 cm³/mol. The lowest BCUT2D eigenvalue weighted by molar-refractivity contribution is -0.117. The minimum Gasteiger partial charge on any atom is -0.310 e. The van der Waals surface area contributed by atoms with Crippen LogP contribution in [0.4, 0.5) is 5.82 Å². The van der Waals surface area contributed by atoms with Gasteiger partial charge in [0.25, 0.3) is 0 Å². The van der Waals surface area contributed by atoms with E-state index in [1.54, 1.807) is 10.7 Å². The minimum atomic E-state index is -3.02. The number of anilines is 1. The third kappa shape index (κ3) is 4.95. The first-order valence-corrected chi connectivity index (χ1v) is 10.8. The SMILES string of the molecule is Cc1cc(NC(=O)CN(C)Cc2ccccc2C)n(C2CCS(=O)(=O)C2)n1. The Morgan fingerprint density at radius 2 is 2.07 bits per heavy atom. The number of amides is 1. The first kappa shape index (κ1) is 19.6. The summed E-state index contributed by atoms with van der Waals surface area (Å²) in [5.41, 5.74) is 3.13. The van der Waals surface area contributed by atoms with Crippen molar-refractivity contribution in [3.8, 4) is 0 Å². The number of rotatable bonds is 6. The maximum atomic E-state index is 12.5. The van der Waals surface area contributed by atoms with Crippen LogP contribution in [0.3, 0.4) is 0 Å². The molecular weight excluding hydrogens is 364 g/mol. The van der Waals surface area contributed by atoms with Gasteiger partial charge in [-0.05, 0) is 38.4 Å². The molecule has 1 fully saturated rings. The topological polar surface area (TPSA) is 84.3 Å². The Balaban J connectivity index is 1.64. The maximum absolute atomic E-state index is 12.5. The second-order valence-corrected chi connectivity index (χ2v) is 9.55. The van der Waals surface area contributed by atoms with E-state index in [1.807, 2.05) is 31.0 Å². The van der Waals surface area contributed by atoms with E-state index in [9.17, 15) is 13.2 Å². The van der Waals surface area contributed by atoms with Gasteiger partial charge in [0.15, 0.2) is 9.84 Å². The highest BCUT2D eigenvalue weighted by atomic mass is 32.2. The largest absolute Gasteiger partial charge is 0.310 e. The van der Waals surface area contributed by atoms with Crippen LogP contribution in [-0.4, -0.2) is 54.1 Å². The summed E-state index contributed by atoms with van der Waals surface area (Å²) in [6, 6.07) is 9.67. The normalized spacial score (nSPS) is 18.7. The van der Waals surface area contributed by atoms with Gasteiger partial charge < -0.3 is 5.32 Å². The lowest BCUT2D eigenvalue weighted by atomic mass is 10.1. The van der Waals surface area contributed by atoms with Crippen molar-refractivity contribution in [1.82, 2.24) is 14.7 Å². The Kier molecular flexibility index (Phi) is 5.67. The fraction of sp³-hybridized carbons (Fsp3) is 0.474. The summed E-state index contributed by atoms with van der Waals surface area (Å²) in [4.78, 5) is 14.4. The van der Waals surface area contributed by atoms with E-state index in [0.717, 1.165) is 5.69 Å². The molecule has 1 atom stereocenters. The highest BCUT2D eigenvalue weighted by Gasteiger charge is 2.31. The van der Waals surface area contributed by atoms with Crippen LogP contribution in [0.5, 0.6) is 0 Å². The number of aromatic nitrogens is 2. The van der Waals surface area contributed by atoms with Crippen LogP contribution in [0, 0.1) is 13.8 Å². The number of likely N-dealkylation sites (N-methyl/N-ethyl adjacent to an activating group) is 1. The van der Waals surface area contributed by atoms with Crippen molar-refractivity contribution >= 4 is 21.6 Å². The number of benzene rings is 1. The Morgan fingerprint density at radius 3 is 2.74 bits per heavy atom. The number of nitrogens with one attached hydrogen (secondary N) is 1. The predicted octanol–water partition coefficient (Wildman–Crippen LogP) is 1.93. The van der Waals surface area contributed by atoms with Gasteiger partial charge in [-0.2, -0.15) is 5.10 Å². The van der Waals surface area contributed by atoms with E-state index in [1.165, 1.54) is 11.1 Å². The van der Waals surface area contributed by atoms with Crippen molar-refractivity contribution in [2.24, 2.45) is 0 Å². The second kappa shape index (κ2) is 7.82. The number of hydrogen-bond donors (Lipinski definition) is 1. The highest BCUT2D eigenvalue weighted by Crippen LogP contribution is 2.27. The van der Waals surface area contributed by atoms with Crippen LogP contribution >= 0.6 is 0 Å². The Bertz CT molecular complexity index is 936. The van der Waals surface area contributed by atoms with Crippen LogP contribution in [0.15, 0.2) is 30.3 Å². The van der Waals surface area contributed by atoms with Crippen LogP contribution in [0.2, 0.25) is 0 Å². The van der Waals surface area contributed by atoms with E-state index in [2.05, 4.69) is 29.5 Å². The van der Waals surface area contributed by atoms with Crippen molar-refractivity contribution in [3.63, 3.8) is 0 Å². The Labute approximate surface area is 160 Å². The monoisotopic (exact) mass is 390 g/mol. The highest BCUT2D eigenvalue weighted by molar-refractivity contribution is 7.91. The van der Waals surface area contributed by atoms with Gasteiger partial charge in [-0.1, -0.05) is 24.3 Å². The molecule has 3 rings (SSSR count). The number of carbonyl (C=O) groups is 1. The maximum Gasteiger partial charge on any atom is 0.239 e. The fourth-order valence-electron chi connectivity index (χ4n) is 3.42. The van der Waals surface area contributed by atoms with Crippen LogP contribution in [0.25, 0.3) is 0 Å². The number of carbonyl (C=O) groups excluding carboxylic acids is 1. The van der Waals surface area contributed by atoms with E-state index in [4.69, 9.17) is 0 Å². The second-order valence-electron chi connectivity index (χ2n) is 7.32. The molecule has 1 saturated heterocycles. The van der Waals surface area contributed by atoms with E-state index >= 15 is 0 Å². The Morgan fingerprint density at radius 1 is 1.33 bits per heavy atom. The molecule has 1 aromatic heterocycles. The lowest BCUT2D eigenvalue weighted by Crippen LogP contribution is -2.31. The molecule has 27 heavy (non-hydrogen) atoms. The molecule has 1 N–H and O–H groups in total. The van der Waals surface area contributed by atoms with Crippen molar-refractivity contribution in [2.45, 2.75) is 32.9 Å².